The van der Waals surface area contributed by atoms with Gasteiger partial charge in [0.25, 0.3) is 0 Å². The number of nitrogens with zero attached hydrogens (tertiary/aromatic N) is 3. The number of pyridine rings is 2. The van der Waals surface area contributed by atoms with Gasteiger partial charge in [-0.15, -0.1) is 0 Å². The molecule has 0 unspecified atom stereocenters. The first-order valence-corrected chi connectivity index (χ1v) is 11.0. The Hall–Kier alpha value is -2.47. The summed E-state index contributed by atoms with van der Waals surface area (Å²) in [6.45, 7) is 15.8. The zero-order valence-corrected chi connectivity index (χ0v) is 19.8. The van der Waals surface area contributed by atoms with E-state index in [9.17, 15) is 9.90 Å². The number of aryl methyl sites for hydroxylation is 2. The maximum absolute atomic E-state index is 12.4. The predicted molar refractivity (Wildman–Crippen MR) is 123 cm³/mol. The second-order valence-electron chi connectivity index (χ2n) is 10.3. The molecule has 6 heteroatoms. The zero-order chi connectivity index (χ0) is 23.0. The molecule has 0 amide bonds. The lowest BCUT2D eigenvalue weighted by molar-refractivity contribution is -0.160. The summed E-state index contributed by atoms with van der Waals surface area (Å²) in [5.41, 5.74) is 4.74. The molecule has 2 aromatic rings. The van der Waals surface area contributed by atoms with Crippen LogP contribution in [0.2, 0.25) is 0 Å². The Balaban J connectivity index is 2.23. The van der Waals surface area contributed by atoms with Gasteiger partial charge in [-0.3, -0.25) is 9.97 Å². The van der Waals surface area contributed by atoms with Crippen LogP contribution < -0.4 is 4.90 Å². The number of carboxylic acid groups (broad SMARTS) is 1. The highest BCUT2D eigenvalue weighted by molar-refractivity contribution is 5.86. The van der Waals surface area contributed by atoms with E-state index in [1.807, 2.05) is 52.9 Å². The lowest BCUT2D eigenvalue weighted by Crippen LogP contribution is -2.39. The van der Waals surface area contributed by atoms with Gasteiger partial charge in [0, 0.05) is 48.0 Å². The molecule has 1 atom stereocenters. The first kappa shape index (κ1) is 23.2. The molecule has 1 aliphatic rings. The minimum Gasteiger partial charge on any atom is -0.479 e. The minimum atomic E-state index is -1.10. The van der Waals surface area contributed by atoms with E-state index >= 15 is 0 Å². The Morgan fingerprint density at radius 2 is 1.84 bits per heavy atom. The summed E-state index contributed by atoms with van der Waals surface area (Å²) in [5, 5.41) is 10.1. The SMILES string of the molecule is Cc1cc(-c2cnc(C)c([C@H](OC(C)(C)C)C(=O)O)c2N2CCC(C)(C)CC2)ccn1. The molecule has 0 spiro atoms. The Morgan fingerprint density at radius 1 is 1.19 bits per heavy atom. The topological polar surface area (TPSA) is 75.6 Å². The van der Waals surface area contributed by atoms with Crippen molar-refractivity contribution in [2.45, 2.75) is 73.0 Å². The second kappa shape index (κ2) is 8.58. The number of carbonyl (C=O) groups is 1. The van der Waals surface area contributed by atoms with E-state index in [0.29, 0.717) is 11.3 Å². The maximum Gasteiger partial charge on any atom is 0.337 e. The van der Waals surface area contributed by atoms with Crippen molar-refractivity contribution < 1.29 is 14.6 Å². The van der Waals surface area contributed by atoms with Crippen molar-refractivity contribution >= 4 is 11.7 Å². The Labute approximate surface area is 185 Å². The molecule has 0 saturated carbocycles. The van der Waals surface area contributed by atoms with Crippen LogP contribution in [0, 0.1) is 19.3 Å². The number of ether oxygens (including phenoxy) is 1. The summed E-state index contributed by atoms with van der Waals surface area (Å²) in [6, 6.07) is 3.98. The average molecular weight is 426 g/mol. The van der Waals surface area contributed by atoms with Crippen LogP contribution in [0.25, 0.3) is 11.1 Å². The van der Waals surface area contributed by atoms with Crippen molar-refractivity contribution in [2.75, 3.05) is 18.0 Å². The largest absolute Gasteiger partial charge is 0.479 e. The van der Waals surface area contributed by atoms with Gasteiger partial charge < -0.3 is 14.7 Å². The third kappa shape index (κ3) is 5.42. The number of piperidine rings is 1. The van der Waals surface area contributed by atoms with Crippen LogP contribution in [-0.2, 0) is 9.53 Å². The molecule has 2 aromatic heterocycles. The molecule has 0 radical (unpaired) electrons. The molecule has 3 heterocycles. The van der Waals surface area contributed by atoms with Crippen molar-refractivity contribution in [1.82, 2.24) is 9.97 Å². The van der Waals surface area contributed by atoms with Gasteiger partial charge in [-0.05, 0) is 70.6 Å². The van der Waals surface area contributed by atoms with Crippen LogP contribution in [-0.4, -0.2) is 39.7 Å². The van der Waals surface area contributed by atoms with E-state index in [2.05, 4.69) is 28.7 Å². The van der Waals surface area contributed by atoms with Crippen LogP contribution in [0.4, 0.5) is 5.69 Å². The summed E-state index contributed by atoms with van der Waals surface area (Å²) in [4.78, 5) is 23.6. The standard InChI is InChI=1S/C25H35N3O3/c1-16-14-18(8-11-26-16)19-15-27-17(2)20(22(23(29)30)31-24(3,4)5)21(19)28-12-9-25(6,7)10-13-28/h8,11,14-15,22H,9-10,12-13H2,1-7H3,(H,29,30)/t22-/m0/s1. The highest BCUT2D eigenvalue weighted by Crippen LogP contribution is 2.43. The first-order chi connectivity index (χ1) is 14.4. The monoisotopic (exact) mass is 425 g/mol. The molecule has 0 aliphatic carbocycles. The molecule has 1 saturated heterocycles. The summed E-state index contributed by atoms with van der Waals surface area (Å²) < 4.78 is 6.07. The van der Waals surface area contributed by atoms with Gasteiger partial charge in [-0.1, -0.05) is 13.8 Å². The fraction of sp³-hybridized carbons (Fsp3) is 0.560. The zero-order valence-electron chi connectivity index (χ0n) is 19.8. The molecule has 168 valence electrons. The number of aromatic nitrogens is 2. The van der Waals surface area contributed by atoms with Gasteiger partial charge in [0.05, 0.1) is 11.3 Å². The van der Waals surface area contributed by atoms with Crippen LogP contribution in [0.1, 0.15) is 70.5 Å². The van der Waals surface area contributed by atoms with E-state index in [0.717, 1.165) is 48.4 Å². The van der Waals surface area contributed by atoms with E-state index in [1.165, 1.54) is 0 Å². The van der Waals surface area contributed by atoms with Crippen molar-refractivity contribution in [3.8, 4) is 11.1 Å². The third-order valence-corrected chi connectivity index (χ3v) is 5.89. The number of anilines is 1. The summed E-state index contributed by atoms with van der Waals surface area (Å²) in [7, 11) is 0. The van der Waals surface area contributed by atoms with Crippen molar-refractivity contribution in [3.63, 3.8) is 0 Å². The van der Waals surface area contributed by atoms with Crippen molar-refractivity contribution in [3.05, 3.63) is 41.5 Å². The Morgan fingerprint density at radius 3 is 2.39 bits per heavy atom. The van der Waals surface area contributed by atoms with Crippen LogP contribution in [0.15, 0.2) is 24.5 Å². The van der Waals surface area contributed by atoms with E-state index in [1.54, 1.807) is 6.20 Å². The lowest BCUT2D eigenvalue weighted by atomic mass is 9.82. The summed E-state index contributed by atoms with van der Waals surface area (Å²) in [6.07, 6.45) is 4.63. The highest BCUT2D eigenvalue weighted by Gasteiger charge is 2.35. The molecular formula is C25H35N3O3. The molecule has 1 N–H and O–H groups in total. The predicted octanol–water partition coefficient (Wildman–Crippen LogP) is 5.33. The second-order valence-corrected chi connectivity index (χ2v) is 10.3. The summed E-state index contributed by atoms with van der Waals surface area (Å²) >= 11 is 0. The molecule has 0 bridgehead atoms. The maximum atomic E-state index is 12.4. The van der Waals surface area contributed by atoms with Crippen molar-refractivity contribution in [1.29, 1.82) is 0 Å². The molecular weight excluding hydrogens is 390 g/mol. The number of hydrogen-bond donors (Lipinski definition) is 1. The van der Waals surface area contributed by atoms with Gasteiger partial charge in [0.15, 0.2) is 6.10 Å². The molecule has 3 rings (SSSR count). The molecule has 1 aliphatic heterocycles. The van der Waals surface area contributed by atoms with Crippen molar-refractivity contribution in [2.24, 2.45) is 5.41 Å². The van der Waals surface area contributed by atoms with Crippen LogP contribution in [0.5, 0.6) is 0 Å². The van der Waals surface area contributed by atoms with E-state index < -0.39 is 17.7 Å². The first-order valence-electron chi connectivity index (χ1n) is 11.0. The fourth-order valence-electron chi connectivity index (χ4n) is 4.11. The van der Waals surface area contributed by atoms with Gasteiger partial charge >= 0.3 is 5.97 Å². The van der Waals surface area contributed by atoms with Gasteiger partial charge in [0.1, 0.15) is 0 Å². The normalized spacial score (nSPS) is 17.5. The Bertz CT molecular complexity index is 953. The highest BCUT2D eigenvalue weighted by atomic mass is 16.5. The van der Waals surface area contributed by atoms with Gasteiger partial charge in [0.2, 0.25) is 0 Å². The van der Waals surface area contributed by atoms with E-state index in [4.69, 9.17) is 4.74 Å². The van der Waals surface area contributed by atoms with Crippen LogP contribution >= 0.6 is 0 Å². The number of rotatable bonds is 5. The van der Waals surface area contributed by atoms with Crippen LogP contribution in [0.3, 0.4) is 0 Å². The fourth-order valence-corrected chi connectivity index (χ4v) is 4.11. The van der Waals surface area contributed by atoms with Gasteiger partial charge in [-0.2, -0.15) is 0 Å². The lowest BCUT2D eigenvalue weighted by Gasteiger charge is -2.41. The van der Waals surface area contributed by atoms with E-state index in [-0.39, 0.29) is 5.41 Å². The quantitative estimate of drug-likeness (QED) is 0.698. The van der Waals surface area contributed by atoms with Gasteiger partial charge in [-0.25, -0.2) is 4.79 Å². The smallest absolute Gasteiger partial charge is 0.337 e. The molecule has 31 heavy (non-hydrogen) atoms. The number of hydrogen-bond acceptors (Lipinski definition) is 5. The average Bonchev–Trinajstić information content (AvgIpc) is 2.65. The molecule has 0 aromatic carbocycles. The minimum absolute atomic E-state index is 0.278. The Kier molecular flexibility index (Phi) is 6.42. The molecule has 1 fully saturated rings. The third-order valence-electron chi connectivity index (χ3n) is 5.89. The number of carboxylic acids is 1. The number of aliphatic carboxylic acids is 1. The summed E-state index contributed by atoms with van der Waals surface area (Å²) in [5.74, 6) is -0.999. The molecule has 6 nitrogen and oxygen atoms in total.